The van der Waals surface area contributed by atoms with Gasteiger partial charge in [0.1, 0.15) is 34.3 Å². The molecule has 0 bridgehead atoms. The summed E-state index contributed by atoms with van der Waals surface area (Å²) < 4.78 is 54.7. The molecular formula is C74H88ClF3MgN12O9. The minimum absolute atomic E-state index is 0. The summed E-state index contributed by atoms with van der Waals surface area (Å²) in [4.78, 5) is 95.7. The number of hydrogen-bond donors (Lipinski definition) is 4. The van der Waals surface area contributed by atoms with Crippen molar-refractivity contribution >= 4 is 86.8 Å². The first kappa shape index (κ1) is 86.4. The number of likely N-dealkylation sites (N-methyl/N-ethyl adjacent to an activating group) is 1. The first-order valence-electron chi connectivity index (χ1n) is 31.2. The Balaban J connectivity index is 0.000000423. The van der Waals surface area contributed by atoms with Crippen LogP contribution in [0.2, 0.25) is 0 Å². The van der Waals surface area contributed by atoms with Gasteiger partial charge >= 0.3 is 35.2 Å². The molecule has 6 aromatic heterocycles. The van der Waals surface area contributed by atoms with Crippen LogP contribution in [0.3, 0.4) is 0 Å². The Labute approximate surface area is 605 Å². The molecule has 0 aliphatic rings. The number of benzene rings is 3. The van der Waals surface area contributed by atoms with Gasteiger partial charge in [-0.2, -0.15) is 0 Å². The normalized spacial score (nSPS) is 11.8. The molecule has 0 aliphatic carbocycles. The number of hydrogen-bond acceptors (Lipinski definition) is 17. The minimum atomic E-state index is -0.704. The van der Waals surface area contributed by atoms with Crippen molar-refractivity contribution in [2.75, 3.05) is 19.8 Å². The van der Waals surface area contributed by atoms with Crippen molar-refractivity contribution in [2.45, 2.75) is 144 Å². The minimum Gasteiger partial charge on any atom is -1.00 e. The zero-order valence-electron chi connectivity index (χ0n) is 59.3. The molecule has 9 rings (SSSR count). The number of nitrogens with one attached hydrogen (secondary N) is 2. The Hall–Kier alpha value is -9.69. The molecule has 0 aliphatic heterocycles. The van der Waals surface area contributed by atoms with Crippen LogP contribution in [0, 0.1) is 24.4 Å². The van der Waals surface area contributed by atoms with Crippen LogP contribution in [-0.4, -0.2) is 137 Å². The first-order chi connectivity index (χ1) is 45.9. The maximum Gasteiger partial charge on any atom is 2.00 e. The van der Waals surface area contributed by atoms with Gasteiger partial charge in [0.15, 0.2) is 12.1 Å². The van der Waals surface area contributed by atoms with Crippen LogP contribution >= 0.6 is 0 Å². The summed E-state index contributed by atoms with van der Waals surface area (Å²) in [6, 6.07) is 36.9. The molecule has 26 heteroatoms. The molecule has 100 heavy (non-hydrogen) atoms. The zero-order chi connectivity index (χ0) is 73.1. The summed E-state index contributed by atoms with van der Waals surface area (Å²) in [5, 5.41) is 10.4. The number of nitrogens with zero attached hydrogens (tertiary/aromatic N) is 8. The van der Waals surface area contributed by atoms with Gasteiger partial charge in [-0.15, -0.1) is 0 Å². The van der Waals surface area contributed by atoms with Crippen molar-refractivity contribution < 1.29 is 68.6 Å². The van der Waals surface area contributed by atoms with Crippen LogP contribution in [0.15, 0.2) is 164 Å². The van der Waals surface area contributed by atoms with Gasteiger partial charge in [-0.25, -0.2) is 27.7 Å². The van der Waals surface area contributed by atoms with E-state index in [1.165, 1.54) is 41.3 Å². The predicted molar refractivity (Wildman–Crippen MR) is 381 cm³/mol. The van der Waals surface area contributed by atoms with Crippen molar-refractivity contribution in [2.24, 2.45) is 5.73 Å². The van der Waals surface area contributed by atoms with Gasteiger partial charge in [0.25, 0.3) is 0 Å². The number of anilines is 1. The van der Waals surface area contributed by atoms with Gasteiger partial charge < -0.3 is 58.9 Å². The number of fused-ring (bicyclic) bond motifs is 2. The predicted octanol–water partition coefficient (Wildman–Crippen LogP) is 11.6. The largest absolute Gasteiger partial charge is 2.00 e. The molecular weight excluding hydrogens is 1320 g/mol. The van der Waals surface area contributed by atoms with Crippen molar-refractivity contribution in [3.05, 3.63) is 215 Å². The van der Waals surface area contributed by atoms with Gasteiger partial charge in [-0.1, -0.05) is 31.2 Å². The second-order valence-corrected chi connectivity index (χ2v) is 25.3. The zero-order valence-corrected chi connectivity index (χ0v) is 61.5. The molecule has 21 nitrogen and oxygen atoms in total. The summed E-state index contributed by atoms with van der Waals surface area (Å²) in [6.45, 7) is 24.8. The SMILES string of the molecule is CC(N)c1nc2ccc(F)cc2cc1-c1ccccn1.CC(NC(=O)OC(C)(C)C)c1nc2ccc(F)cc2cc1-c1ccccn1.C[C@H](NC(=O)OC(C)(C)C)C(=O)Cc1ccccn1.C[C@H]([N-]C(=O)OC(C)(C)C)C(=O)N(C)C.Cc1ccccn1.Nc1ccc(F)cc1C=O.[Cl-].[Mg+2]. The van der Waals surface area contributed by atoms with Crippen LogP contribution in [-0.2, 0) is 30.2 Å². The molecule has 528 valence electrons. The van der Waals surface area contributed by atoms with Gasteiger partial charge in [0.05, 0.1) is 52.3 Å². The Morgan fingerprint density at radius 3 is 1.42 bits per heavy atom. The van der Waals surface area contributed by atoms with E-state index in [-0.39, 0.29) is 76.8 Å². The smallest absolute Gasteiger partial charge is 1.00 e. The molecule has 0 radical (unpaired) electrons. The maximum absolute atomic E-state index is 13.6. The number of amides is 4. The Kier molecular flexibility index (Phi) is 35.4. The van der Waals surface area contributed by atoms with Crippen LogP contribution < -0.4 is 34.5 Å². The van der Waals surface area contributed by atoms with E-state index in [2.05, 4.69) is 45.9 Å². The van der Waals surface area contributed by atoms with Crippen LogP contribution in [0.25, 0.3) is 49.6 Å². The first-order valence-corrected chi connectivity index (χ1v) is 31.2. The van der Waals surface area contributed by atoms with Crippen molar-refractivity contribution in [3.63, 3.8) is 0 Å². The van der Waals surface area contributed by atoms with Crippen LogP contribution in [0.1, 0.15) is 135 Å². The maximum atomic E-state index is 13.6. The number of ether oxygens (including phenoxy) is 3. The van der Waals surface area contributed by atoms with E-state index in [1.54, 1.807) is 139 Å². The fourth-order valence-electron chi connectivity index (χ4n) is 8.38. The number of aryl methyl sites for hydroxylation is 1. The molecule has 2 unspecified atom stereocenters. The second kappa shape index (κ2) is 41.0. The van der Waals surface area contributed by atoms with E-state index in [0.29, 0.717) is 40.0 Å². The van der Waals surface area contributed by atoms with Gasteiger partial charge in [0, 0.05) is 89.5 Å². The van der Waals surface area contributed by atoms with E-state index < -0.39 is 59.0 Å². The number of halogens is 4. The number of ketones is 1. The number of nitrogen functional groups attached to an aromatic ring is 1. The van der Waals surface area contributed by atoms with Gasteiger partial charge in [0.2, 0.25) is 12.0 Å². The van der Waals surface area contributed by atoms with Crippen molar-refractivity contribution in [1.29, 1.82) is 0 Å². The summed E-state index contributed by atoms with van der Waals surface area (Å²) in [6.07, 6.45) is 5.72. The van der Waals surface area contributed by atoms with E-state index in [0.717, 1.165) is 45.2 Å². The third kappa shape index (κ3) is 31.4. The summed E-state index contributed by atoms with van der Waals surface area (Å²) in [5.41, 5.74) is 17.7. The summed E-state index contributed by atoms with van der Waals surface area (Å²) in [7, 11) is 3.23. The van der Waals surface area contributed by atoms with E-state index in [9.17, 15) is 41.9 Å². The van der Waals surface area contributed by atoms with Crippen LogP contribution in [0.5, 0.6) is 0 Å². The van der Waals surface area contributed by atoms with Gasteiger partial charge in [-0.05, 0) is 211 Å². The van der Waals surface area contributed by atoms with Crippen molar-refractivity contribution in [3.8, 4) is 22.5 Å². The number of aromatic nitrogens is 6. The number of carbonyl (C=O) groups is 6. The fourth-order valence-corrected chi connectivity index (χ4v) is 8.38. The topological polar surface area (TPSA) is 301 Å². The fraction of sp³-hybridized carbons (Fsp3) is 0.324. The third-order valence-electron chi connectivity index (χ3n) is 12.8. The number of rotatable bonds is 12. The third-order valence-corrected chi connectivity index (χ3v) is 12.8. The quantitative estimate of drug-likeness (QED) is 0.0382. The van der Waals surface area contributed by atoms with Crippen LogP contribution in [0.4, 0.5) is 33.2 Å². The molecule has 6 N–H and O–H groups in total. The number of pyridine rings is 6. The molecule has 4 amide bonds. The molecule has 4 atom stereocenters. The molecule has 6 heterocycles. The summed E-state index contributed by atoms with van der Waals surface area (Å²) in [5.74, 6) is -1.38. The summed E-state index contributed by atoms with van der Waals surface area (Å²) >= 11 is 0. The molecule has 0 saturated carbocycles. The monoisotopic (exact) mass is 1400 g/mol. The average Bonchev–Trinajstić information content (AvgIpc) is 0.793. The molecule has 3 aromatic carbocycles. The van der Waals surface area contributed by atoms with E-state index in [1.807, 2.05) is 93.6 Å². The number of Topliss-reactive ketones (excluding diaryl/α,β-unsaturated/α-hetero) is 1. The molecule has 0 saturated heterocycles. The Morgan fingerprint density at radius 2 is 1.02 bits per heavy atom. The van der Waals surface area contributed by atoms with E-state index >= 15 is 0 Å². The van der Waals surface area contributed by atoms with Gasteiger partial charge in [-0.3, -0.25) is 44.1 Å². The molecule has 0 fully saturated rings. The number of nitrogens with two attached hydrogens (primary N) is 2. The second-order valence-electron chi connectivity index (χ2n) is 25.3. The number of alkyl carbamates (subject to hydrolysis) is 2. The standard InChI is InChI=1S/C21H22FN3O2.C16H14FN3.C14H20N2O3.C10H20N2O3.C7H6FNO.C6H7N.ClH.Mg/c1-13(24-20(26)27-21(2,3)4)19-16(18-7-5-6-10-23-18)12-14-11-15(22)8-9-17(14)25-19;1-10(18)16-13(15-4-2-3-7-19-15)9-11-8-12(17)5-6-14(11)20-16;1-10(16-13(18)19-14(2,3)4)12(17)9-11-7-5-6-8-15-11;1-7(8(13)12(5)6)11-9(14)15-10(2,3)4;8-6-1-2-7(9)5(3-6)4-10;1-6-4-2-3-5-7-6;;/h5-13H,1-4H3,(H,24,26);2-10H,18H2,1H3;5-8,10H,9H2,1-4H3,(H,16,18);7H,1-6H3,(H,11,14);1-4H,9H2;2-5H,1H3;1H;/q;;;;;;;+2/p-2/t;;10-;7-;;;;/m..00..../s1. The Bertz CT molecular complexity index is 4080. The molecule has 0 spiro atoms. The van der Waals surface area contributed by atoms with E-state index in [4.69, 9.17) is 25.7 Å². The molecule has 9 aromatic rings. The number of aldehydes is 1. The average molecular weight is 1410 g/mol. The number of carbonyl (C=O) groups excluding carboxylic acids is 6. The Morgan fingerprint density at radius 1 is 0.580 bits per heavy atom. The van der Waals surface area contributed by atoms with Crippen molar-refractivity contribution in [1.82, 2.24) is 45.4 Å².